The Morgan fingerprint density at radius 3 is 2.37 bits per heavy atom. The van der Waals surface area contributed by atoms with Gasteiger partial charge in [0.2, 0.25) is 0 Å². The summed E-state index contributed by atoms with van der Waals surface area (Å²) in [5, 5.41) is 3.90. The van der Waals surface area contributed by atoms with Crippen molar-refractivity contribution in [3.8, 4) is 0 Å². The quantitative estimate of drug-likeness (QED) is 0.878. The number of hydrogen-bond acceptors (Lipinski definition) is 3. The van der Waals surface area contributed by atoms with Gasteiger partial charge in [0.25, 0.3) is 0 Å². The molecule has 1 aromatic rings. The molecule has 0 fully saturated rings. The third kappa shape index (κ3) is 3.71. The maximum atomic E-state index is 12.1. The van der Waals surface area contributed by atoms with Crippen LogP contribution >= 0.6 is 11.6 Å². The lowest BCUT2D eigenvalue weighted by atomic mass is 9.95. The van der Waals surface area contributed by atoms with Crippen molar-refractivity contribution in [1.29, 1.82) is 0 Å². The molecule has 0 spiro atoms. The van der Waals surface area contributed by atoms with Crippen molar-refractivity contribution < 1.29 is 8.42 Å². The molecule has 0 aliphatic rings. The smallest absolute Gasteiger partial charge is 0.154 e. The molecule has 0 heterocycles. The van der Waals surface area contributed by atoms with Gasteiger partial charge in [-0.25, -0.2) is 8.42 Å². The van der Waals surface area contributed by atoms with Gasteiger partial charge in [-0.3, -0.25) is 0 Å². The molecule has 108 valence electrons. The first-order valence-electron chi connectivity index (χ1n) is 6.39. The number of halogens is 1. The summed E-state index contributed by atoms with van der Waals surface area (Å²) in [4.78, 5) is 0. The minimum absolute atomic E-state index is 0.323. The molecule has 1 N–H and O–H groups in total. The Hall–Kier alpha value is -0.580. The molecule has 0 saturated carbocycles. The zero-order valence-electron chi connectivity index (χ0n) is 11.9. The molecule has 0 aromatic heterocycles. The van der Waals surface area contributed by atoms with Crippen LogP contribution in [0, 0.1) is 0 Å². The van der Waals surface area contributed by atoms with E-state index in [0.717, 1.165) is 18.5 Å². The minimum Gasteiger partial charge on any atom is -0.309 e. The molecule has 5 heteroatoms. The largest absolute Gasteiger partial charge is 0.309 e. The fourth-order valence-corrected chi connectivity index (χ4v) is 2.83. The van der Waals surface area contributed by atoms with E-state index in [0.29, 0.717) is 5.02 Å². The molecule has 3 nitrogen and oxygen atoms in total. The molecule has 0 amide bonds. The monoisotopic (exact) mass is 303 g/mol. The van der Waals surface area contributed by atoms with Crippen molar-refractivity contribution in [2.45, 2.75) is 38.0 Å². The average molecular weight is 304 g/mol. The number of nitrogens with one attached hydrogen (secondary N) is 1. The van der Waals surface area contributed by atoms with Crippen LogP contribution < -0.4 is 5.32 Å². The average Bonchev–Trinajstić information content (AvgIpc) is 2.30. The van der Waals surface area contributed by atoms with E-state index >= 15 is 0 Å². The van der Waals surface area contributed by atoms with Crippen molar-refractivity contribution in [3.63, 3.8) is 0 Å². The van der Waals surface area contributed by atoms with Crippen LogP contribution in [0.15, 0.2) is 24.3 Å². The second-order valence-electron chi connectivity index (χ2n) is 5.28. The molecular formula is C14H22ClNO2S. The van der Waals surface area contributed by atoms with Gasteiger partial charge in [-0.1, -0.05) is 36.7 Å². The Morgan fingerprint density at radius 2 is 1.89 bits per heavy atom. The van der Waals surface area contributed by atoms with Crippen molar-refractivity contribution in [3.05, 3.63) is 34.9 Å². The molecule has 1 aromatic carbocycles. The normalized spacial score (nSPS) is 14.4. The molecule has 19 heavy (non-hydrogen) atoms. The Balaban J connectivity index is 3.27. The van der Waals surface area contributed by atoms with Gasteiger partial charge in [-0.2, -0.15) is 0 Å². The van der Waals surface area contributed by atoms with E-state index in [1.165, 1.54) is 6.26 Å². The Kier molecular flexibility index (Phi) is 5.42. The van der Waals surface area contributed by atoms with Crippen molar-refractivity contribution in [2.75, 3.05) is 12.8 Å². The van der Waals surface area contributed by atoms with Crippen LogP contribution in [0.3, 0.4) is 0 Å². The lowest BCUT2D eigenvalue weighted by Crippen LogP contribution is -2.45. The van der Waals surface area contributed by atoms with Crippen LogP contribution in [0.1, 0.15) is 38.8 Å². The number of sulfone groups is 1. The molecule has 0 aliphatic carbocycles. The second kappa shape index (κ2) is 6.25. The van der Waals surface area contributed by atoms with E-state index in [4.69, 9.17) is 11.6 Å². The van der Waals surface area contributed by atoms with E-state index in [1.54, 1.807) is 19.9 Å². The van der Waals surface area contributed by atoms with Gasteiger partial charge >= 0.3 is 0 Å². The first-order chi connectivity index (χ1) is 8.71. The highest BCUT2D eigenvalue weighted by atomic mass is 35.5. The maximum Gasteiger partial charge on any atom is 0.154 e. The first-order valence-corrected chi connectivity index (χ1v) is 8.66. The SMILES string of the molecule is CCCNC(c1ccccc1Cl)C(C)(C)S(C)(=O)=O. The van der Waals surface area contributed by atoms with Crippen LogP contribution in [-0.4, -0.2) is 26.0 Å². The van der Waals surface area contributed by atoms with Crippen molar-refractivity contribution in [2.24, 2.45) is 0 Å². The summed E-state index contributed by atoms with van der Waals surface area (Å²) in [6.07, 6.45) is 2.20. The summed E-state index contributed by atoms with van der Waals surface area (Å²) < 4.78 is 23.2. The van der Waals surface area contributed by atoms with Crippen molar-refractivity contribution in [1.82, 2.24) is 5.32 Å². The summed E-state index contributed by atoms with van der Waals surface area (Å²) in [6.45, 7) is 6.26. The van der Waals surface area contributed by atoms with Gasteiger partial charge in [-0.15, -0.1) is 0 Å². The van der Waals surface area contributed by atoms with E-state index in [1.807, 2.05) is 25.1 Å². The standard InChI is InChI=1S/C14H22ClNO2S/c1-5-10-16-13(14(2,3)19(4,17)18)11-8-6-7-9-12(11)15/h6-9,13,16H,5,10H2,1-4H3. The Bertz CT molecular complexity index is 526. The van der Waals surface area contributed by atoms with Gasteiger partial charge in [0.1, 0.15) is 0 Å². The molecule has 0 aliphatic heterocycles. The van der Waals surface area contributed by atoms with Gasteiger partial charge in [-0.05, 0) is 38.4 Å². The number of rotatable bonds is 6. The summed E-state index contributed by atoms with van der Waals surface area (Å²) >= 11 is 6.22. The third-order valence-corrected chi connectivity index (χ3v) is 5.96. The fraction of sp³-hybridized carbons (Fsp3) is 0.571. The fourth-order valence-electron chi connectivity index (χ4n) is 1.94. The topological polar surface area (TPSA) is 46.2 Å². The summed E-state index contributed by atoms with van der Waals surface area (Å²) in [5.41, 5.74) is 0.827. The van der Waals surface area contributed by atoms with Gasteiger partial charge in [0, 0.05) is 11.3 Å². The van der Waals surface area contributed by atoms with E-state index in [-0.39, 0.29) is 6.04 Å². The van der Waals surface area contributed by atoms with Crippen LogP contribution in [-0.2, 0) is 9.84 Å². The zero-order valence-corrected chi connectivity index (χ0v) is 13.5. The summed E-state index contributed by atoms with van der Waals surface area (Å²) in [6, 6.07) is 7.06. The zero-order chi connectivity index (χ0) is 14.7. The molecular weight excluding hydrogens is 282 g/mol. The maximum absolute atomic E-state index is 12.1. The van der Waals surface area contributed by atoms with Crippen LogP contribution in [0.5, 0.6) is 0 Å². The predicted molar refractivity (Wildman–Crippen MR) is 81.4 cm³/mol. The lowest BCUT2D eigenvalue weighted by molar-refractivity contribution is 0.420. The molecule has 1 rings (SSSR count). The highest BCUT2D eigenvalue weighted by Crippen LogP contribution is 2.35. The second-order valence-corrected chi connectivity index (χ2v) is 8.29. The number of benzene rings is 1. The van der Waals surface area contributed by atoms with Crippen LogP contribution in [0.2, 0.25) is 5.02 Å². The molecule has 0 saturated heterocycles. The lowest BCUT2D eigenvalue weighted by Gasteiger charge is -2.34. The minimum atomic E-state index is -3.22. The van der Waals surface area contributed by atoms with Crippen LogP contribution in [0.25, 0.3) is 0 Å². The molecule has 0 bridgehead atoms. The summed E-state index contributed by atoms with van der Waals surface area (Å²) in [5.74, 6) is 0. The highest BCUT2D eigenvalue weighted by Gasteiger charge is 2.40. The molecule has 1 unspecified atom stereocenters. The molecule has 1 atom stereocenters. The molecule has 0 radical (unpaired) electrons. The van der Waals surface area contributed by atoms with Gasteiger partial charge in [0.15, 0.2) is 9.84 Å². The Morgan fingerprint density at radius 1 is 1.32 bits per heavy atom. The van der Waals surface area contributed by atoms with E-state index in [2.05, 4.69) is 5.32 Å². The van der Waals surface area contributed by atoms with E-state index in [9.17, 15) is 8.42 Å². The predicted octanol–water partition coefficient (Wildman–Crippen LogP) is 3.20. The van der Waals surface area contributed by atoms with Crippen LogP contribution in [0.4, 0.5) is 0 Å². The van der Waals surface area contributed by atoms with Gasteiger partial charge < -0.3 is 5.32 Å². The van der Waals surface area contributed by atoms with Gasteiger partial charge in [0.05, 0.1) is 10.8 Å². The third-order valence-electron chi connectivity index (χ3n) is 3.47. The first kappa shape index (κ1) is 16.5. The Labute approximate surface area is 121 Å². The highest BCUT2D eigenvalue weighted by molar-refractivity contribution is 7.92. The van der Waals surface area contributed by atoms with Crippen molar-refractivity contribution >= 4 is 21.4 Å². The summed E-state index contributed by atoms with van der Waals surface area (Å²) in [7, 11) is -3.22. The number of hydrogen-bond donors (Lipinski definition) is 1. The van der Waals surface area contributed by atoms with E-state index < -0.39 is 14.6 Å².